The molecule has 0 aromatic heterocycles. The van der Waals surface area contributed by atoms with Crippen molar-refractivity contribution in [2.24, 2.45) is 0 Å². The zero-order chi connectivity index (χ0) is 12.9. The van der Waals surface area contributed by atoms with Crippen LogP contribution in [0.5, 0.6) is 0 Å². The Morgan fingerprint density at radius 3 is 2.44 bits per heavy atom. The van der Waals surface area contributed by atoms with Gasteiger partial charge < -0.3 is 0 Å². The van der Waals surface area contributed by atoms with E-state index in [1.54, 1.807) is 24.3 Å². The third kappa shape index (κ3) is 1.23. The maximum Gasteiger partial charge on any atom is 0.269 e. The van der Waals surface area contributed by atoms with Crippen molar-refractivity contribution in [2.45, 2.75) is 6.92 Å². The summed E-state index contributed by atoms with van der Waals surface area (Å²) in [5.74, 6) is -1.61. The Kier molecular flexibility index (Phi) is 2.07. The normalized spacial score (nSPS) is 14.2. The molecule has 2 aromatic carbocycles. The molecule has 0 aliphatic carbocycles. The monoisotopic (exact) mass is 239 g/mol. The summed E-state index contributed by atoms with van der Waals surface area (Å²) >= 11 is 0. The molecule has 0 fully saturated rings. The first kappa shape index (κ1) is 10.7. The predicted octanol–water partition coefficient (Wildman–Crippen LogP) is 1.98. The van der Waals surface area contributed by atoms with Crippen molar-refractivity contribution in [2.75, 3.05) is 0 Å². The maximum atomic E-state index is 12.1. The van der Waals surface area contributed by atoms with Crippen LogP contribution in [0.2, 0.25) is 0 Å². The average molecular weight is 239 g/mol. The Bertz CT molecular complexity index is 718. The van der Waals surface area contributed by atoms with E-state index in [1.165, 1.54) is 6.92 Å². The lowest BCUT2D eigenvalue weighted by atomic mass is 10.0. The lowest BCUT2D eigenvalue weighted by Gasteiger charge is -2.07. The summed E-state index contributed by atoms with van der Waals surface area (Å²) in [5, 5.41) is 1.58. The third-order valence-electron chi connectivity index (χ3n) is 3.09. The van der Waals surface area contributed by atoms with E-state index < -0.39 is 17.7 Å². The van der Waals surface area contributed by atoms with E-state index in [-0.39, 0.29) is 0 Å². The number of amides is 3. The van der Waals surface area contributed by atoms with Crippen molar-refractivity contribution in [3.05, 3.63) is 47.5 Å². The molecule has 0 unspecified atom stereocenters. The summed E-state index contributed by atoms with van der Waals surface area (Å²) < 4.78 is 0. The Morgan fingerprint density at radius 1 is 1.00 bits per heavy atom. The zero-order valence-electron chi connectivity index (χ0n) is 9.64. The fourth-order valence-electron chi connectivity index (χ4n) is 2.29. The topological polar surface area (TPSA) is 54.5 Å². The predicted molar refractivity (Wildman–Crippen MR) is 65.1 cm³/mol. The summed E-state index contributed by atoms with van der Waals surface area (Å²) in [6.45, 7) is 1.21. The number of imide groups is 3. The van der Waals surface area contributed by atoms with Crippen molar-refractivity contribution < 1.29 is 14.4 Å². The van der Waals surface area contributed by atoms with Gasteiger partial charge in [0.2, 0.25) is 5.91 Å². The Labute approximate surface area is 103 Å². The number of hydrogen-bond donors (Lipinski definition) is 0. The standard InChI is InChI=1S/C14H9NO3/c1-8(16)15-13(17)11-7-6-9-4-2-3-5-10(9)12(11)14(15)18/h2-7H,1H3. The van der Waals surface area contributed by atoms with Crippen molar-refractivity contribution in [1.82, 2.24) is 4.90 Å². The molecule has 1 heterocycles. The average Bonchev–Trinajstić information content (AvgIpc) is 2.62. The van der Waals surface area contributed by atoms with Gasteiger partial charge in [-0.3, -0.25) is 14.4 Å². The first-order valence-corrected chi connectivity index (χ1v) is 5.52. The summed E-state index contributed by atoms with van der Waals surface area (Å²) in [5.41, 5.74) is 0.627. The zero-order valence-corrected chi connectivity index (χ0v) is 9.64. The van der Waals surface area contributed by atoms with Gasteiger partial charge in [-0.1, -0.05) is 30.3 Å². The van der Waals surface area contributed by atoms with E-state index in [0.29, 0.717) is 21.4 Å². The molecule has 1 aliphatic heterocycles. The lowest BCUT2D eigenvalue weighted by Crippen LogP contribution is -2.34. The first-order chi connectivity index (χ1) is 8.61. The molecule has 4 heteroatoms. The van der Waals surface area contributed by atoms with Crippen LogP contribution >= 0.6 is 0 Å². The van der Waals surface area contributed by atoms with Gasteiger partial charge in [0.15, 0.2) is 0 Å². The van der Waals surface area contributed by atoms with Crippen LogP contribution in [-0.2, 0) is 4.79 Å². The van der Waals surface area contributed by atoms with Gasteiger partial charge in [-0.2, -0.15) is 0 Å². The highest BCUT2D eigenvalue weighted by Gasteiger charge is 2.39. The molecule has 0 saturated carbocycles. The molecule has 0 atom stereocenters. The number of nitrogens with zero attached hydrogens (tertiary/aromatic N) is 1. The summed E-state index contributed by atoms with van der Waals surface area (Å²) in [6.07, 6.45) is 0. The Balaban J connectivity index is 2.36. The minimum Gasteiger partial charge on any atom is -0.274 e. The highest BCUT2D eigenvalue weighted by molar-refractivity contribution is 6.32. The second kappa shape index (κ2) is 3.50. The smallest absolute Gasteiger partial charge is 0.269 e. The van der Waals surface area contributed by atoms with Gasteiger partial charge in [0.25, 0.3) is 11.8 Å². The number of hydrogen-bond acceptors (Lipinski definition) is 3. The van der Waals surface area contributed by atoms with Crippen LogP contribution in [0.15, 0.2) is 36.4 Å². The van der Waals surface area contributed by atoms with Gasteiger partial charge >= 0.3 is 0 Å². The van der Waals surface area contributed by atoms with Gasteiger partial charge in [0.05, 0.1) is 11.1 Å². The molecule has 0 radical (unpaired) electrons. The molecular formula is C14H9NO3. The van der Waals surface area contributed by atoms with Crippen LogP contribution in [0.1, 0.15) is 27.6 Å². The highest BCUT2D eigenvalue weighted by atomic mass is 16.2. The van der Waals surface area contributed by atoms with Gasteiger partial charge in [-0.15, -0.1) is 0 Å². The number of carbonyl (C=O) groups excluding carboxylic acids is 3. The molecule has 0 saturated heterocycles. The molecule has 1 aliphatic rings. The Morgan fingerprint density at radius 2 is 1.72 bits per heavy atom. The van der Waals surface area contributed by atoms with Crippen LogP contribution < -0.4 is 0 Å². The molecule has 3 amide bonds. The molecule has 4 nitrogen and oxygen atoms in total. The summed E-state index contributed by atoms with van der Waals surface area (Å²) in [4.78, 5) is 36.2. The van der Waals surface area contributed by atoms with Crippen LogP contribution in [0.4, 0.5) is 0 Å². The molecule has 0 N–H and O–H groups in total. The number of fused-ring (bicyclic) bond motifs is 3. The van der Waals surface area contributed by atoms with Crippen molar-refractivity contribution in [1.29, 1.82) is 0 Å². The molecule has 18 heavy (non-hydrogen) atoms. The van der Waals surface area contributed by atoms with Gasteiger partial charge in [0, 0.05) is 6.92 Å². The van der Waals surface area contributed by atoms with Crippen LogP contribution in [-0.4, -0.2) is 22.6 Å². The number of benzene rings is 2. The first-order valence-electron chi connectivity index (χ1n) is 5.52. The van der Waals surface area contributed by atoms with Crippen LogP contribution in [0, 0.1) is 0 Å². The number of rotatable bonds is 0. The Hall–Kier alpha value is -2.49. The maximum absolute atomic E-state index is 12.1. The van der Waals surface area contributed by atoms with E-state index in [1.807, 2.05) is 12.1 Å². The van der Waals surface area contributed by atoms with Crippen LogP contribution in [0.3, 0.4) is 0 Å². The highest BCUT2D eigenvalue weighted by Crippen LogP contribution is 2.30. The fraction of sp³-hybridized carbons (Fsp3) is 0.0714. The van der Waals surface area contributed by atoms with E-state index in [9.17, 15) is 14.4 Å². The minimum atomic E-state index is -0.551. The summed E-state index contributed by atoms with van der Waals surface area (Å²) in [6, 6.07) is 10.7. The van der Waals surface area contributed by atoms with E-state index >= 15 is 0 Å². The number of carbonyl (C=O) groups is 3. The molecule has 2 aromatic rings. The molecular weight excluding hydrogens is 230 g/mol. The van der Waals surface area contributed by atoms with Gasteiger partial charge in [-0.05, 0) is 16.8 Å². The molecule has 3 rings (SSSR count). The van der Waals surface area contributed by atoms with E-state index in [0.717, 1.165) is 5.39 Å². The fourth-order valence-corrected chi connectivity index (χ4v) is 2.29. The third-order valence-corrected chi connectivity index (χ3v) is 3.09. The molecule has 88 valence electrons. The van der Waals surface area contributed by atoms with Crippen LogP contribution in [0.25, 0.3) is 10.8 Å². The second-order valence-electron chi connectivity index (χ2n) is 4.17. The molecule has 0 spiro atoms. The molecule has 0 bridgehead atoms. The summed E-state index contributed by atoms with van der Waals surface area (Å²) in [7, 11) is 0. The van der Waals surface area contributed by atoms with Gasteiger partial charge in [0.1, 0.15) is 0 Å². The van der Waals surface area contributed by atoms with Crippen molar-refractivity contribution in [3.63, 3.8) is 0 Å². The van der Waals surface area contributed by atoms with Crippen molar-refractivity contribution in [3.8, 4) is 0 Å². The SMILES string of the molecule is CC(=O)N1C(=O)c2ccc3ccccc3c2C1=O. The second-order valence-corrected chi connectivity index (χ2v) is 4.17. The van der Waals surface area contributed by atoms with E-state index in [4.69, 9.17) is 0 Å². The van der Waals surface area contributed by atoms with E-state index in [2.05, 4.69) is 0 Å². The largest absolute Gasteiger partial charge is 0.274 e. The minimum absolute atomic E-state index is 0.300. The van der Waals surface area contributed by atoms with Gasteiger partial charge in [-0.25, -0.2) is 4.90 Å². The quantitative estimate of drug-likeness (QED) is 0.660. The van der Waals surface area contributed by atoms with Crippen molar-refractivity contribution >= 4 is 28.5 Å². The lowest BCUT2D eigenvalue weighted by molar-refractivity contribution is -0.124.